The van der Waals surface area contributed by atoms with Crippen molar-refractivity contribution in [3.05, 3.63) is 35.9 Å². The third kappa shape index (κ3) is 2.99. The number of benzene rings is 1. The van der Waals surface area contributed by atoms with Gasteiger partial charge in [0, 0.05) is 0 Å². The van der Waals surface area contributed by atoms with Crippen molar-refractivity contribution < 1.29 is 9.53 Å². The molecule has 0 amide bonds. The number of methoxy groups -OCH3 is 1. The molecule has 0 aromatic heterocycles. The molecule has 1 aliphatic rings. The minimum absolute atomic E-state index is 0. The predicted molar refractivity (Wildman–Crippen MR) is 69.1 cm³/mol. The van der Waals surface area contributed by atoms with Crippen LogP contribution in [-0.4, -0.2) is 18.6 Å². The fourth-order valence-electron chi connectivity index (χ4n) is 2.43. The zero-order valence-electron chi connectivity index (χ0n) is 9.89. The molecule has 3 nitrogen and oxygen atoms in total. The highest BCUT2D eigenvalue weighted by Crippen LogP contribution is 2.38. The lowest BCUT2D eigenvalue weighted by molar-refractivity contribution is -0.152. The maximum Gasteiger partial charge on any atom is 0.325 e. The van der Waals surface area contributed by atoms with E-state index in [2.05, 4.69) is 12.1 Å². The molecule has 2 rings (SSSR count). The predicted octanol–water partition coefficient (Wildman–Crippen LogP) is 1.93. The minimum Gasteiger partial charge on any atom is -0.468 e. The second kappa shape index (κ2) is 5.52. The summed E-state index contributed by atoms with van der Waals surface area (Å²) in [6, 6.07) is 10.3. The van der Waals surface area contributed by atoms with E-state index in [1.807, 2.05) is 18.2 Å². The lowest BCUT2D eigenvalue weighted by Crippen LogP contribution is -2.58. The number of ether oxygens (including phenoxy) is 1. The van der Waals surface area contributed by atoms with E-state index in [9.17, 15) is 4.79 Å². The first kappa shape index (κ1) is 14.0. The van der Waals surface area contributed by atoms with E-state index in [0.29, 0.717) is 5.92 Å². The lowest BCUT2D eigenvalue weighted by atomic mass is 9.67. The Morgan fingerprint density at radius 1 is 1.41 bits per heavy atom. The first-order chi connectivity index (χ1) is 7.64. The summed E-state index contributed by atoms with van der Waals surface area (Å²) in [6.45, 7) is 0. The summed E-state index contributed by atoms with van der Waals surface area (Å²) < 4.78 is 4.69. The Morgan fingerprint density at radius 3 is 2.53 bits per heavy atom. The van der Waals surface area contributed by atoms with Gasteiger partial charge in [0.15, 0.2) is 0 Å². The largest absolute Gasteiger partial charge is 0.468 e. The van der Waals surface area contributed by atoms with Gasteiger partial charge < -0.3 is 10.5 Å². The van der Waals surface area contributed by atoms with Crippen molar-refractivity contribution in [1.82, 2.24) is 0 Å². The number of nitrogens with two attached hydrogens (primary N) is 1. The maximum absolute atomic E-state index is 11.4. The van der Waals surface area contributed by atoms with Crippen molar-refractivity contribution in [2.45, 2.75) is 24.8 Å². The van der Waals surface area contributed by atoms with Gasteiger partial charge in [0.25, 0.3) is 0 Å². The van der Waals surface area contributed by atoms with Crippen LogP contribution in [0.1, 0.15) is 18.4 Å². The Labute approximate surface area is 108 Å². The molecule has 0 aliphatic heterocycles. The molecule has 1 fully saturated rings. The van der Waals surface area contributed by atoms with Crippen LogP contribution in [0.15, 0.2) is 30.3 Å². The normalized spacial score (nSPS) is 26.6. The number of hydrogen-bond donors (Lipinski definition) is 1. The summed E-state index contributed by atoms with van der Waals surface area (Å²) in [5.74, 6) is 0.225. The smallest absolute Gasteiger partial charge is 0.325 e. The van der Waals surface area contributed by atoms with Crippen molar-refractivity contribution in [2.75, 3.05) is 7.11 Å². The fourth-order valence-corrected chi connectivity index (χ4v) is 2.43. The van der Waals surface area contributed by atoms with Crippen LogP contribution in [-0.2, 0) is 16.0 Å². The van der Waals surface area contributed by atoms with Crippen LogP contribution in [0.3, 0.4) is 0 Å². The third-order valence-electron chi connectivity index (χ3n) is 3.26. The highest BCUT2D eigenvalue weighted by Gasteiger charge is 2.47. The van der Waals surface area contributed by atoms with Crippen LogP contribution >= 0.6 is 12.4 Å². The number of hydrogen-bond acceptors (Lipinski definition) is 3. The molecule has 1 saturated carbocycles. The first-order valence-electron chi connectivity index (χ1n) is 5.55. The van der Waals surface area contributed by atoms with E-state index in [4.69, 9.17) is 10.5 Å². The summed E-state index contributed by atoms with van der Waals surface area (Å²) in [5.41, 5.74) is 6.50. The van der Waals surface area contributed by atoms with Crippen molar-refractivity contribution in [3.8, 4) is 0 Å². The Balaban J connectivity index is 0.00000144. The molecule has 0 spiro atoms. The SMILES string of the molecule is COC(=O)C1(N)CC(Cc2ccccc2)C1.Cl. The highest BCUT2D eigenvalue weighted by atomic mass is 35.5. The van der Waals surface area contributed by atoms with Gasteiger partial charge in [-0.05, 0) is 30.7 Å². The standard InChI is InChI=1S/C13H17NO2.ClH/c1-16-12(15)13(14)8-11(9-13)7-10-5-3-2-4-6-10;/h2-6,11H,7-9,14H2,1H3;1H. The van der Waals surface area contributed by atoms with E-state index < -0.39 is 5.54 Å². The van der Waals surface area contributed by atoms with E-state index in [0.717, 1.165) is 19.3 Å². The van der Waals surface area contributed by atoms with Crippen LogP contribution in [0.25, 0.3) is 0 Å². The van der Waals surface area contributed by atoms with Gasteiger partial charge in [-0.2, -0.15) is 0 Å². The van der Waals surface area contributed by atoms with Crippen molar-refractivity contribution in [3.63, 3.8) is 0 Å². The van der Waals surface area contributed by atoms with E-state index >= 15 is 0 Å². The molecule has 4 heteroatoms. The summed E-state index contributed by atoms with van der Waals surface area (Å²) >= 11 is 0. The van der Waals surface area contributed by atoms with Crippen LogP contribution < -0.4 is 5.73 Å². The van der Waals surface area contributed by atoms with Crippen molar-refractivity contribution in [2.24, 2.45) is 11.7 Å². The summed E-state index contributed by atoms with van der Waals surface area (Å²) in [6.07, 6.45) is 2.46. The number of carbonyl (C=O) groups is 1. The van der Waals surface area contributed by atoms with Crippen LogP contribution in [0.2, 0.25) is 0 Å². The average molecular weight is 256 g/mol. The van der Waals surface area contributed by atoms with Crippen LogP contribution in [0.5, 0.6) is 0 Å². The Hall–Kier alpha value is -1.06. The number of esters is 1. The quantitative estimate of drug-likeness (QED) is 0.840. The van der Waals surface area contributed by atoms with Crippen LogP contribution in [0.4, 0.5) is 0 Å². The molecule has 0 heterocycles. The summed E-state index contributed by atoms with van der Waals surface area (Å²) in [4.78, 5) is 11.4. The second-order valence-corrected chi connectivity index (χ2v) is 4.61. The minimum atomic E-state index is -0.728. The Bertz CT molecular complexity index is 374. The molecule has 17 heavy (non-hydrogen) atoms. The van der Waals surface area contributed by atoms with Gasteiger partial charge >= 0.3 is 5.97 Å². The zero-order valence-corrected chi connectivity index (χ0v) is 10.7. The lowest BCUT2D eigenvalue weighted by Gasteiger charge is -2.42. The molecule has 0 saturated heterocycles. The fraction of sp³-hybridized carbons (Fsp3) is 0.462. The molecule has 2 N–H and O–H groups in total. The first-order valence-corrected chi connectivity index (χ1v) is 5.55. The van der Waals surface area contributed by atoms with E-state index in [1.54, 1.807) is 0 Å². The van der Waals surface area contributed by atoms with Gasteiger partial charge in [-0.3, -0.25) is 4.79 Å². The average Bonchev–Trinajstić information content (AvgIpc) is 2.27. The molecule has 1 aromatic carbocycles. The number of halogens is 1. The highest BCUT2D eigenvalue weighted by molar-refractivity contribution is 5.85. The maximum atomic E-state index is 11.4. The van der Waals surface area contributed by atoms with Gasteiger partial charge in [0.2, 0.25) is 0 Å². The number of carbonyl (C=O) groups excluding carboxylic acids is 1. The van der Waals surface area contributed by atoms with Crippen molar-refractivity contribution >= 4 is 18.4 Å². The Kier molecular flexibility index (Phi) is 4.54. The molecule has 0 radical (unpaired) electrons. The summed E-state index contributed by atoms with van der Waals surface area (Å²) in [5, 5.41) is 0. The molecule has 0 bridgehead atoms. The van der Waals surface area contributed by atoms with Crippen LogP contribution in [0, 0.1) is 5.92 Å². The van der Waals surface area contributed by atoms with E-state index in [1.165, 1.54) is 12.7 Å². The monoisotopic (exact) mass is 255 g/mol. The Morgan fingerprint density at radius 2 is 2.00 bits per heavy atom. The number of rotatable bonds is 3. The molecule has 94 valence electrons. The zero-order chi connectivity index (χ0) is 11.6. The second-order valence-electron chi connectivity index (χ2n) is 4.61. The van der Waals surface area contributed by atoms with E-state index in [-0.39, 0.29) is 18.4 Å². The topological polar surface area (TPSA) is 52.3 Å². The van der Waals surface area contributed by atoms with Crippen molar-refractivity contribution in [1.29, 1.82) is 0 Å². The molecular formula is C13H18ClNO2. The molecule has 1 aliphatic carbocycles. The van der Waals surface area contributed by atoms with Gasteiger partial charge in [-0.1, -0.05) is 30.3 Å². The third-order valence-corrected chi connectivity index (χ3v) is 3.26. The molecular weight excluding hydrogens is 238 g/mol. The van der Waals surface area contributed by atoms with Gasteiger partial charge in [0.1, 0.15) is 5.54 Å². The molecule has 0 unspecified atom stereocenters. The summed E-state index contributed by atoms with van der Waals surface area (Å²) in [7, 11) is 1.39. The van der Waals surface area contributed by atoms with Gasteiger partial charge in [0.05, 0.1) is 7.11 Å². The van der Waals surface area contributed by atoms with Gasteiger partial charge in [-0.25, -0.2) is 0 Å². The molecule has 0 atom stereocenters. The molecule has 1 aromatic rings. The van der Waals surface area contributed by atoms with Gasteiger partial charge in [-0.15, -0.1) is 12.4 Å².